The molecular weight excluding hydrogens is 326 g/mol. The molecule has 1 heterocycles. The first-order valence-corrected chi connectivity index (χ1v) is 8.43. The summed E-state index contributed by atoms with van der Waals surface area (Å²) >= 11 is 0. The molecule has 0 aromatic heterocycles. The molecule has 1 fully saturated rings. The van der Waals surface area contributed by atoms with Gasteiger partial charge < -0.3 is 16.0 Å². The third kappa shape index (κ3) is 5.21. The average Bonchev–Trinajstić information content (AvgIpc) is 2.60. The molecule has 6 heteroatoms. The molecule has 2 unspecified atom stereocenters. The summed E-state index contributed by atoms with van der Waals surface area (Å²) in [4.78, 5) is 26.5. The summed E-state index contributed by atoms with van der Waals surface area (Å²) in [5, 5.41) is 2.94. The van der Waals surface area contributed by atoms with Gasteiger partial charge in [0, 0.05) is 24.7 Å². The van der Waals surface area contributed by atoms with E-state index in [1.54, 1.807) is 0 Å². The lowest BCUT2D eigenvalue weighted by Gasteiger charge is -2.34. The molecule has 0 bridgehead atoms. The molecular formula is C18H28ClN3O2. The monoisotopic (exact) mass is 353 g/mol. The van der Waals surface area contributed by atoms with Crippen molar-refractivity contribution in [2.45, 2.75) is 39.2 Å². The number of amides is 2. The summed E-state index contributed by atoms with van der Waals surface area (Å²) in [6, 6.07) is 9.03. The van der Waals surface area contributed by atoms with Gasteiger partial charge in [-0.15, -0.1) is 12.4 Å². The van der Waals surface area contributed by atoms with Gasteiger partial charge in [-0.2, -0.15) is 0 Å². The van der Waals surface area contributed by atoms with Crippen LogP contribution in [0.25, 0.3) is 0 Å². The highest BCUT2D eigenvalue weighted by Gasteiger charge is 2.30. The van der Waals surface area contributed by atoms with Crippen LogP contribution in [0.1, 0.15) is 33.1 Å². The van der Waals surface area contributed by atoms with Gasteiger partial charge in [0.05, 0.1) is 6.04 Å². The number of carbonyl (C=O) groups excluding carboxylic acids is 2. The Hall–Kier alpha value is -1.59. The summed E-state index contributed by atoms with van der Waals surface area (Å²) < 4.78 is 0. The Morgan fingerprint density at radius 3 is 2.38 bits per heavy atom. The molecule has 2 atom stereocenters. The van der Waals surface area contributed by atoms with Gasteiger partial charge >= 0.3 is 0 Å². The van der Waals surface area contributed by atoms with Crippen molar-refractivity contribution in [1.29, 1.82) is 0 Å². The van der Waals surface area contributed by atoms with Gasteiger partial charge in [0.1, 0.15) is 0 Å². The van der Waals surface area contributed by atoms with Crippen LogP contribution < -0.4 is 11.1 Å². The number of hydrogen-bond donors (Lipinski definition) is 2. The van der Waals surface area contributed by atoms with Gasteiger partial charge in [0.25, 0.3) is 0 Å². The van der Waals surface area contributed by atoms with Crippen molar-refractivity contribution in [3.05, 3.63) is 30.3 Å². The standard InChI is InChI=1S/C18H27N3O2.ClH/c1-3-13(2)16(19)18(23)21-11-9-14(10-12-21)17(22)20-15-7-5-4-6-8-15;/h4-8,13-14,16H,3,9-12,19H2,1-2H3,(H,20,22);1H. The molecule has 1 aromatic rings. The fourth-order valence-electron chi connectivity index (χ4n) is 2.84. The summed E-state index contributed by atoms with van der Waals surface area (Å²) in [5.41, 5.74) is 6.84. The molecule has 0 radical (unpaired) electrons. The minimum absolute atomic E-state index is 0. The maximum atomic E-state index is 12.4. The fraction of sp³-hybridized carbons (Fsp3) is 0.556. The zero-order valence-corrected chi connectivity index (χ0v) is 15.2. The number of piperidine rings is 1. The molecule has 1 saturated heterocycles. The van der Waals surface area contributed by atoms with Crippen molar-refractivity contribution < 1.29 is 9.59 Å². The van der Waals surface area contributed by atoms with Crippen molar-refractivity contribution in [3.63, 3.8) is 0 Å². The van der Waals surface area contributed by atoms with E-state index in [0.717, 1.165) is 12.1 Å². The second-order valence-electron chi connectivity index (χ2n) is 6.37. The van der Waals surface area contributed by atoms with E-state index in [1.165, 1.54) is 0 Å². The van der Waals surface area contributed by atoms with E-state index in [4.69, 9.17) is 5.73 Å². The van der Waals surface area contributed by atoms with Crippen molar-refractivity contribution in [2.75, 3.05) is 18.4 Å². The van der Waals surface area contributed by atoms with E-state index in [-0.39, 0.29) is 36.1 Å². The summed E-state index contributed by atoms with van der Waals surface area (Å²) in [5.74, 6) is 0.191. The lowest BCUT2D eigenvalue weighted by molar-refractivity contribution is -0.136. The molecule has 0 spiro atoms. The van der Waals surface area contributed by atoms with Crippen LogP contribution in [0.4, 0.5) is 5.69 Å². The molecule has 0 saturated carbocycles. The minimum atomic E-state index is -0.435. The number of para-hydroxylation sites is 1. The van der Waals surface area contributed by atoms with E-state index < -0.39 is 6.04 Å². The molecule has 0 aliphatic carbocycles. The van der Waals surface area contributed by atoms with Crippen LogP contribution in [-0.2, 0) is 9.59 Å². The van der Waals surface area contributed by atoms with E-state index in [9.17, 15) is 9.59 Å². The third-order valence-corrected chi connectivity index (χ3v) is 4.76. The highest BCUT2D eigenvalue weighted by molar-refractivity contribution is 5.92. The second kappa shape index (κ2) is 9.64. The van der Waals surface area contributed by atoms with Crippen LogP contribution in [0.5, 0.6) is 0 Å². The molecule has 2 rings (SSSR count). The number of rotatable bonds is 5. The van der Waals surface area contributed by atoms with Crippen LogP contribution in [0.3, 0.4) is 0 Å². The SMILES string of the molecule is CCC(C)C(N)C(=O)N1CCC(C(=O)Nc2ccccc2)CC1.Cl. The number of likely N-dealkylation sites (tertiary alicyclic amines) is 1. The average molecular weight is 354 g/mol. The Morgan fingerprint density at radius 2 is 1.83 bits per heavy atom. The maximum absolute atomic E-state index is 12.4. The summed E-state index contributed by atoms with van der Waals surface area (Å²) in [6.07, 6.45) is 2.28. The number of nitrogens with two attached hydrogens (primary N) is 1. The number of carbonyl (C=O) groups is 2. The number of anilines is 1. The zero-order chi connectivity index (χ0) is 16.8. The van der Waals surface area contributed by atoms with Crippen LogP contribution >= 0.6 is 12.4 Å². The van der Waals surface area contributed by atoms with E-state index >= 15 is 0 Å². The predicted octanol–water partition coefficient (Wildman–Crippen LogP) is 2.66. The lowest BCUT2D eigenvalue weighted by atomic mass is 9.93. The largest absolute Gasteiger partial charge is 0.341 e. The van der Waals surface area contributed by atoms with Crippen molar-refractivity contribution >= 4 is 29.9 Å². The number of nitrogens with zero attached hydrogens (tertiary/aromatic N) is 1. The Labute approximate surface area is 150 Å². The van der Waals surface area contributed by atoms with Gasteiger partial charge in [-0.25, -0.2) is 0 Å². The summed E-state index contributed by atoms with van der Waals surface area (Å²) in [6.45, 7) is 5.26. The molecule has 1 aliphatic heterocycles. The van der Waals surface area contributed by atoms with Crippen LogP contribution in [-0.4, -0.2) is 35.8 Å². The first-order valence-electron chi connectivity index (χ1n) is 8.43. The Kier molecular flexibility index (Phi) is 8.22. The van der Waals surface area contributed by atoms with Gasteiger partial charge in [0.2, 0.25) is 11.8 Å². The maximum Gasteiger partial charge on any atom is 0.239 e. The highest BCUT2D eigenvalue weighted by Crippen LogP contribution is 2.21. The number of halogens is 1. The Balaban J connectivity index is 0.00000288. The number of benzene rings is 1. The topological polar surface area (TPSA) is 75.4 Å². The van der Waals surface area contributed by atoms with E-state index in [0.29, 0.717) is 25.9 Å². The van der Waals surface area contributed by atoms with Crippen LogP contribution in [0, 0.1) is 11.8 Å². The Bertz CT molecular complexity index is 530. The fourth-order valence-corrected chi connectivity index (χ4v) is 2.84. The normalized spacial score (nSPS) is 17.5. The molecule has 24 heavy (non-hydrogen) atoms. The molecule has 134 valence electrons. The zero-order valence-electron chi connectivity index (χ0n) is 14.4. The molecule has 1 aliphatic rings. The van der Waals surface area contributed by atoms with Crippen molar-refractivity contribution in [1.82, 2.24) is 4.90 Å². The number of hydrogen-bond acceptors (Lipinski definition) is 3. The molecule has 2 amide bonds. The molecule has 5 nitrogen and oxygen atoms in total. The highest BCUT2D eigenvalue weighted by atomic mass is 35.5. The van der Waals surface area contributed by atoms with E-state index in [1.807, 2.05) is 49.1 Å². The van der Waals surface area contributed by atoms with Crippen LogP contribution in [0.15, 0.2) is 30.3 Å². The Morgan fingerprint density at radius 1 is 1.25 bits per heavy atom. The van der Waals surface area contributed by atoms with Gasteiger partial charge in [0.15, 0.2) is 0 Å². The molecule has 3 N–H and O–H groups in total. The third-order valence-electron chi connectivity index (χ3n) is 4.76. The quantitative estimate of drug-likeness (QED) is 0.854. The van der Waals surface area contributed by atoms with Gasteiger partial charge in [-0.3, -0.25) is 9.59 Å². The number of nitrogens with one attached hydrogen (secondary N) is 1. The smallest absolute Gasteiger partial charge is 0.239 e. The van der Waals surface area contributed by atoms with Crippen molar-refractivity contribution in [3.8, 4) is 0 Å². The molecule has 1 aromatic carbocycles. The summed E-state index contributed by atoms with van der Waals surface area (Å²) in [7, 11) is 0. The second-order valence-corrected chi connectivity index (χ2v) is 6.37. The van der Waals surface area contributed by atoms with Gasteiger partial charge in [-0.05, 0) is 30.9 Å². The lowest BCUT2D eigenvalue weighted by Crippen LogP contribution is -2.50. The first-order chi connectivity index (χ1) is 11.0. The van der Waals surface area contributed by atoms with Crippen LogP contribution in [0.2, 0.25) is 0 Å². The van der Waals surface area contributed by atoms with Crippen molar-refractivity contribution in [2.24, 2.45) is 17.6 Å². The minimum Gasteiger partial charge on any atom is -0.341 e. The first kappa shape index (κ1) is 20.5. The predicted molar refractivity (Wildman–Crippen MR) is 99.1 cm³/mol. The van der Waals surface area contributed by atoms with Gasteiger partial charge in [-0.1, -0.05) is 38.5 Å². The van der Waals surface area contributed by atoms with E-state index in [2.05, 4.69) is 5.32 Å².